The van der Waals surface area contributed by atoms with Crippen LogP contribution in [-0.4, -0.2) is 65.7 Å². The fourth-order valence-electron chi connectivity index (χ4n) is 2.38. The van der Waals surface area contributed by atoms with Crippen molar-refractivity contribution in [2.24, 2.45) is 0 Å². The van der Waals surface area contributed by atoms with E-state index in [0.29, 0.717) is 12.8 Å². The molecule has 0 bridgehead atoms. The number of aliphatic hydroxyl groups excluding tert-OH is 2. The molecule has 0 saturated carbocycles. The van der Waals surface area contributed by atoms with E-state index in [1.807, 2.05) is 0 Å². The van der Waals surface area contributed by atoms with Crippen molar-refractivity contribution in [1.82, 2.24) is 4.90 Å². The third-order valence-electron chi connectivity index (χ3n) is 3.42. The third-order valence-corrected chi connectivity index (χ3v) is 5.59. The average Bonchev–Trinajstić information content (AvgIpc) is 2.58. The number of rotatable bonds is 1. The summed E-state index contributed by atoms with van der Waals surface area (Å²) in [7, 11) is -3.35. The van der Waals surface area contributed by atoms with E-state index in [-0.39, 0.29) is 18.8 Å². The normalized spacial score (nSPS) is 37.1. The van der Waals surface area contributed by atoms with Crippen LogP contribution in [0.4, 0.5) is 0 Å². The van der Waals surface area contributed by atoms with Crippen molar-refractivity contribution in [3.63, 3.8) is 0 Å². The number of nitrogens with zero attached hydrogens (tertiary/aromatic N) is 1. The van der Waals surface area contributed by atoms with Gasteiger partial charge in [0.25, 0.3) is 0 Å². The molecule has 2 heterocycles. The molecule has 0 aromatic rings. The predicted octanol–water partition coefficient (Wildman–Crippen LogP) is -1.48. The highest BCUT2D eigenvalue weighted by Crippen LogP contribution is 2.23. The first-order chi connectivity index (χ1) is 7.92. The van der Waals surface area contributed by atoms with Crippen LogP contribution in [0.25, 0.3) is 0 Å². The van der Waals surface area contributed by atoms with Gasteiger partial charge in [0.15, 0.2) is 9.84 Å². The molecule has 2 N–H and O–H groups in total. The van der Waals surface area contributed by atoms with Crippen LogP contribution in [0, 0.1) is 0 Å². The van der Waals surface area contributed by atoms with Crippen molar-refractivity contribution in [3.05, 3.63) is 0 Å². The highest BCUT2D eigenvalue weighted by molar-refractivity contribution is 7.92. The van der Waals surface area contributed by atoms with Crippen molar-refractivity contribution >= 4 is 15.7 Å². The zero-order valence-corrected chi connectivity index (χ0v) is 10.3. The maximum absolute atomic E-state index is 12.0. The highest BCUT2D eigenvalue weighted by Gasteiger charge is 2.41. The van der Waals surface area contributed by atoms with Gasteiger partial charge in [0.05, 0.1) is 18.0 Å². The summed E-state index contributed by atoms with van der Waals surface area (Å²) in [6.45, 7) is 0.0397. The van der Waals surface area contributed by atoms with E-state index in [4.69, 9.17) is 0 Å². The van der Waals surface area contributed by atoms with Gasteiger partial charge in [-0.3, -0.25) is 4.79 Å². The van der Waals surface area contributed by atoms with Gasteiger partial charge in [-0.1, -0.05) is 6.42 Å². The first-order valence-corrected chi connectivity index (χ1v) is 7.50. The Morgan fingerprint density at radius 3 is 2.24 bits per heavy atom. The van der Waals surface area contributed by atoms with Crippen molar-refractivity contribution in [2.45, 2.75) is 36.7 Å². The minimum atomic E-state index is -3.35. The van der Waals surface area contributed by atoms with Crippen molar-refractivity contribution in [3.8, 4) is 0 Å². The highest BCUT2D eigenvalue weighted by atomic mass is 32.2. The SMILES string of the molecule is O=C(C1CCCCS1(=O)=O)N1CC(O)C(O)C1. The van der Waals surface area contributed by atoms with Crippen molar-refractivity contribution in [1.29, 1.82) is 0 Å². The quantitative estimate of drug-likeness (QED) is 0.601. The molecular weight excluding hydrogens is 246 g/mol. The molecule has 2 rings (SSSR count). The maximum atomic E-state index is 12.0. The van der Waals surface area contributed by atoms with Gasteiger partial charge < -0.3 is 15.1 Å². The molecule has 17 heavy (non-hydrogen) atoms. The van der Waals surface area contributed by atoms with E-state index in [2.05, 4.69) is 0 Å². The second-order valence-electron chi connectivity index (χ2n) is 4.73. The molecule has 7 heteroatoms. The number of hydrogen-bond donors (Lipinski definition) is 2. The lowest BCUT2D eigenvalue weighted by molar-refractivity contribution is -0.130. The number of β-amino-alcohol motifs (C(OH)–C–C–N with tert-alkyl or cyclic N) is 2. The molecule has 3 atom stereocenters. The van der Waals surface area contributed by atoms with Gasteiger partial charge in [-0.25, -0.2) is 8.42 Å². The minimum absolute atomic E-state index is 0.0199. The van der Waals surface area contributed by atoms with Crippen LogP contribution in [0.15, 0.2) is 0 Å². The Hall–Kier alpha value is -0.660. The van der Waals surface area contributed by atoms with E-state index in [1.165, 1.54) is 4.90 Å². The summed E-state index contributed by atoms with van der Waals surface area (Å²) in [5.41, 5.74) is 0. The Labute approximate surface area is 100 Å². The predicted molar refractivity (Wildman–Crippen MR) is 60.0 cm³/mol. The molecule has 2 saturated heterocycles. The van der Waals surface area contributed by atoms with Gasteiger partial charge >= 0.3 is 0 Å². The standard InChI is InChI=1S/C10H17NO5S/c12-7-5-11(6-8(7)13)10(14)9-3-1-2-4-17(9,15)16/h7-9,12-13H,1-6H2. The number of amides is 1. The van der Waals surface area contributed by atoms with Crippen molar-refractivity contribution in [2.75, 3.05) is 18.8 Å². The Balaban J connectivity index is 2.10. The summed E-state index contributed by atoms with van der Waals surface area (Å²) < 4.78 is 23.5. The van der Waals surface area contributed by atoms with E-state index in [0.717, 1.165) is 6.42 Å². The van der Waals surface area contributed by atoms with Gasteiger partial charge in [-0.2, -0.15) is 0 Å². The van der Waals surface area contributed by atoms with Crippen LogP contribution in [0.5, 0.6) is 0 Å². The fraction of sp³-hybridized carbons (Fsp3) is 0.900. The van der Waals surface area contributed by atoms with Crippen LogP contribution in [0.3, 0.4) is 0 Å². The Bertz CT molecular complexity index is 397. The first kappa shape index (κ1) is 12.8. The Kier molecular flexibility index (Phi) is 3.42. The lowest BCUT2D eigenvalue weighted by atomic mass is 10.2. The second-order valence-corrected chi connectivity index (χ2v) is 7.03. The summed E-state index contributed by atoms with van der Waals surface area (Å²) in [5.74, 6) is -0.414. The number of hydrogen-bond acceptors (Lipinski definition) is 5. The molecule has 1 amide bonds. The number of likely N-dealkylation sites (tertiary alicyclic amines) is 1. The maximum Gasteiger partial charge on any atom is 0.241 e. The molecule has 98 valence electrons. The first-order valence-electron chi connectivity index (χ1n) is 5.78. The molecule has 6 nitrogen and oxygen atoms in total. The van der Waals surface area contributed by atoms with Crippen molar-refractivity contribution < 1.29 is 23.4 Å². The molecule has 3 unspecified atom stereocenters. The largest absolute Gasteiger partial charge is 0.388 e. The number of sulfone groups is 1. The molecule has 0 aromatic heterocycles. The monoisotopic (exact) mass is 263 g/mol. The molecular formula is C10H17NO5S. The van der Waals surface area contributed by atoms with E-state index in [9.17, 15) is 23.4 Å². The van der Waals surface area contributed by atoms with Gasteiger partial charge in [0.1, 0.15) is 5.25 Å². The molecule has 0 aliphatic carbocycles. The third kappa shape index (κ3) is 2.46. The zero-order chi connectivity index (χ0) is 12.6. The molecule has 0 spiro atoms. The van der Waals surface area contributed by atoms with Crippen LogP contribution in [0.2, 0.25) is 0 Å². The summed E-state index contributed by atoms with van der Waals surface area (Å²) in [4.78, 5) is 13.3. The van der Waals surface area contributed by atoms with Crippen LogP contribution >= 0.6 is 0 Å². The molecule has 2 aliphatic rings. The van der Waals surface area contributed by atoms with E-state index < -0.39 is 33.2 Å². The fourth-order valence-corrected chi connectivity index (χ4v) is 4.26. The Morgan fingerprint density at radius 2 is 1.71 bits per heavy atom. The van der Waals surface area contributed by atoms with E-state index in [1.54, 1.807) is 0 Å². The summed E-state index contributed by atoms with van der Waals surface area (Å²) in [6.07, 6.45) is -0.244. The number of aliphatic hydroxyl groups is 2. The topological polar surface area (TPSA) is 94.9 Å². The van der Waals surface area contributed by atoms with Gasteiger partial charge in [0.2, 0.25) is 5.91 Å². The van der Waals surface area contributed by atoms with Gasteiger partial charge in [-0.15, -0.1) is 0 Å². The smallest absolute Gasteiger partial charge is 0.241 e. The van der Waals surface area contributed by atoms with Gasteiger partial charge in [0, 0.05) is 13.1 Å². The Morgan fingerprint density at radius 1 is 1.12 bits per heavy atom. The number of carbonyl (C=O) groups is 1. The summed E-state index contributed by atoms with van der Waals surface area (Å²) >= 11 is 0. The zero-order valence-electron chi connectivity index (χ0n) is 9.45. The van der Waals surface area contributed by atoms with Gasteiger partial charge in [-0.05, 0) is 12.8 Å². The van der Waals surface area contributed by atoms with Crippen LogP contribution in [0.1, 0.15) is 19.3 Å². The summed E-state index contributed by atoms with van der Waals surface area (Å²) in [6, 6.07) is 0. The molecule has 2 fully saturated rings. The van der Waals surface area contributed by atoms with E-state index >= 15 is 0 Å². The van der Waals surface area contributed by atoms with Crippen LogP contribution < -0.4 is 0 Å². The summed E-state index contributed by atoms with van der Waals surface area (Å²) in [5, 5.41) is 17.7. The average molecular weight is 263 g/mol. The molecule has 0 radical (unpaired) electrons. The second kappa shape index (κ2) is 4.55. The van der Waals surface area contributed by atoms with Crippen LogP contribution in [-0.2, 0) is 14.6 Å². The lowest BCUT2D eigenvalue weighted by Crippen LogP contribution is -2.44. The minimum Gasteiger partial charge on any atom is -0.388 e. The number of carbonyl (C=O) groups excluding carboxylic acids is 1. The molecule has 2 aliphatic heterocycles. The molecule has 0 aromatic carbocycles. The lowest BCUT2D eigenvalue weighted by Gasteiger charge is -2.25.